The van der Waals surface area contributed by atoms with Crippen molar-refractivity contribution < 1.29 is 50.7 Å². The number of rotatable bonds is 18. The quantitative estimate of drug-likeness (QED) is 0.0584. The van der Waals surface area contributed by atoms with Gasteiger partial charge in [-0.05, 0) is 105 Å². The van der Waals surface area contributed by atoms with Crippen molar-refractivity contribution in [2.24, 2.45) is 11.5 Å². The molecule has 0 saturated carbocycles. The molecule has 26 heteroatoms. The van der Waals surface area contributed by atoms with E-state index in [1.807, 2.05) is 64.1 Å². The van der Waals surface area contributed by atoms with Crippen LogP contribution in [-0.2, 0) is 60.7 Å². The van der Waals surface area contributed by atoms with Gasteiger partial charge in [0.1, 0.15) is 17.1 Å². The second kappa shape index (κ2) is 28.6. The number of aromatic nitrogens is 7. The number of nitrogens with two attached hydrogens (primary N) is 2. The fourth-order valence-corrected chi connectivity index (χ4v) is 9.55. The van der Waals surface area contributed by atoms with Crippen molar-refractivity contribution in [3.63, 3.8) is 0 Å². The van der Waals surface area contributed by atoms with Crippen molar-refractivity contribution in [1.29, 1.82) is 0 Å². The van der Waals surface area contributed by atoms with Gasteiger partial charge in [-0.3, -0.25) is 24.0 Å². The summed E-state index contributed by atoms with van der Waals surface area (Å²) in [7, 11) is 1.73. The lowest BCUT2D eigenvalue weighted by atomic mass is 10.0. The fourth-order valence-electron chi connectivity index (χ4n) is 9.42. The van der Waals surface area contributed by atoms with Crippen molar-refractivity contribution in [3.05, 3.63) is 170 Å². The molecular formula is C60H66ClF5N14O6. The summed E-state index contributed by atoms with van der Waals surface area (Å²) in [4.78, 5) is 84.3. The summed E-state index contributed by atoms with van der Waals surface area (Å²) in [6.07, 6.45) is -1.96. The smallest absolute Gasteiger partial charge is 0.406 e. The molecule has 2 aliphatic heterocycles. The molecule has 0 atom stereocenters. The molecule has 454 valence electrons. The first-order valence-electron chi connectivity index (χ1n) is 27.7. The van der Waals surface area contributed by atoms with Crippen molar-refractivity contribution in [2.75, 3.05) is 48.8 Å². The number of benzene rings is 4. The first-order valence-corrected chi connectivity index (χ1v) is 28.0. The summed E-state index contributed by atoms with van der Waals surface area (Å²) in [6, 6.07) is 26.4. The fraction of sp³-hybridized carbons (Fsp3) is 0.350. The molecule has 0 spiro atoms. The third kappa shape index (κ3) is 17.0. The summed E-state index contributed by atoms with van der Waals surface area (Å²) in [5.41, 5.74) is 19.0. The van der Waals surface area contributed by atoms with E-state index >= 15 is 0 Å². The van der Waals surface area contributed by atoms with Gasteiger partial charge in [0.2, 0.25) is 23.7 Å². The van der Waals surface area contributed by atoms with Crippen molar-refractivity contribution >= 4 is 58.7 Å². The zero-order chi connectivity index (χ0) is 62.5. The van der Waals surface area contributed by atoms with E-state index in [1.54, 1.807) is 50.7 Å². The first-order chi connectivity index (χ1) is 40.9. The van der Waals surface area contributed by atoms with Crippen LogP contribution in [-0.4, -0.2) is 114 Å². The van der Waals surface area contributed by atoms with Crippen LogP contribution in [0.15, 0.2) is 97.1 Å². The highest BCUT2D eigenvalue weighted by Crippen LogP contribution is 2.29. The Bertz CT molecular complexity index is 3550. The van der Waals surface area contributed by atoms with Crippen LogP contribution in [0.4, 0.5) is 39.5 Å². The number of ether oxygens (including phenoxy) is 1. The first kappa shape index (κ1) is 64.4. The van der Waals surface area contributed by atoms with Crippen molar-refractivity contribution in [1.82, 2.24) is 44.7 Å². The molecule has 4 aromatic carbocycles. The highest BCUT2D eigenvalue weighted by molar-refractivity contribution is 6.30. The lowest BCUT2D eigenvalue weighted by Gasteiger charge is -2.29. The van der Waals surface area contributed by atoms with Gasteiger partial charge in [-0.15, -0.1) is 18.3 Å². The Kier molecular flexibility index (Phi) is 21.5. The predicted octanol–water partition coefficient (Wildman–Crippen LogP) is 9.13. The number of carbonyl (C=O) groups is 5. The van der Waals surface area contributed by atoms with Gasteiger partial charge in [0.05, 0.1) is 22.8 Å². The van der Waals surface area contributed by atoms with Crippen molar-refractivity contribution in [2.45, 2.75) is 105 Å². The number of primary amides is 2. The maximum Gasteiger partial charge on any atom is 0.573 e. The van der Waals surface area contributed by atoms with Gasteiger partial charge in [0, 0.05) is 106 Å². The van der Waals surface area contributed by atoms with Gasteiger partial charge >= 0.3 is 6.36 Å². The average Bonchev–Trinajstić information content (AvgIpc) is 4.05. The Balaban J connectivity index is 0.000000186. The molecule has 0 aliphatic carbocycles. The largest absolute Gasteiger partial charge is 0.573 e. The van der Waals surface area contributed by atoms with E-state index in [9.17, 15) is 45.9 Å². The molecule has 9 rings (SSSR count). The normalized spacial score (nSPS) is 12.7. The number of nitrogens with zero attached hydrogens (tertiary/aromatic N) is 10. The van der Waals surface area contributed by atoms with Gasteiger partial charge in [-0.1, -0.05) is 72.3 Å². The number of carbonyl (C=O) groups excluding carboxylic acids is 5. The zero-order valence-electron chi connectivity index (χ0n) is 48.3. The number of alkyl halides is 5. The molecule has 7 aromatic rings. The maximum absolute atomic E-state index is 13.3. The molecule has 0 unspecified atom stereocenters. The summed E-state index contributed by atoms with van der Waals surface area (Å²) < 4.78 is 68.8. The zero-order valence-corrected chi connectivity index (χ0v) is 49.0. The van der Waals surface area contributed by atoms with Gasteiger partial charge < -0.3 is 41.5 Å². The number of anilines is 3. The van der Waals surface area contributed by atoms with E-state index in [1.165, 1.54) is 36.4 Å². The number of nitrogens with one attached hydrogen (secondary N) is 2. The Morgan fingerprint density at radius 1 is 0.698 bits per heavy atom. The number of halogens is 6. The Hall–Kier alpha value is -9.13. The van der Waals surface area contributed by atoms with Gasteiger partial charge in [0.25, 0.3) is 23.6 Å². The van der Waals surface area contributed by atoms with Crippen LogP contribution in [0, 0.1) is 6.92 Å². The average molecular weight is 1210 g/mol. The molecule has 0 saturated heterocycles. The van der Waals surface area contributed by atoms with Gasteiger partial charge in [-0.25, -0.2) is 33.4 Å². The third-order valence-corrected chi connectivity index (χ3v) is 14.1. The van der Waals surface area contributed by atoms with Gasteiger partial charge in [0.15, 0.2) is 5.69 Å². The molecule has 6 N–H and O–H groups in total. The van der Waals surface area contributed by atoms with E-state index in [0.717, 1.165) is 35.1 Å². The molecule has 0 fully saturated rings. The molecule has 5 heterocycles. The van der Waals surface area contributed by atoms with Crippen LogP contribution < -0.4 is 31.7 Å². The summed E-state index contributed by atoms with van der Waals surface area (Å²) in [5.74, 6) is -4.26. The van der Waals surface area contributed by atoms with Crippen LogP contribution in [0.25, 0.3) is 5.69 Å². The Morgan fingerprint density at radius 2 is 1.20 bits per heavy atom. The molecule has 3 aromatic heterocycles. The monoisotopic (exact) mass is 1210 g/mol. The predicted molar refractivity (Wildman–Crippen MR) is 313 cm³/mol. The van der Waals surface area contributed by atoms with Gasteiger partial charge in [-0.2, -0.15) is 0 Å². The molecule has 0 bridgehead atoms. The SMILES string of the molecule is CCNc1nc2c(c(C(N)=O)n1)CN(C(=O)CCc1ccc(C(C)(F)F)cc1)CC2.CCNc1nc2c(c(C(N)=O)n1)CN(C(=O)CCc1ccc(OC(F)(F)F)cc1)CC2.CCc1nnn(-c2cccc(C)c2)c1C(=O)N(C)c1ccc(Cl)cc1. The number of hydrogen-bond donors (Lipinski definition) is 4. The Morgan fingerprint density at radius 3 is 1.64 bits per heavy atom. The lowest BCUT2D eigenvalue weighted by Crippen LogP contribution is -2.38. The molecule has 2 aliphatic rings. The minimum atomic E-state index is -4.75. The number of hydrogen-bond acceptors (Lipinski definition) is 14. The van der Waals surface area contributed by atoms with Crippen LogP contribution in [0.5, 0.6) is 5.75 Å². The molecule has 20 nitrogen and oxygen atoms in total. The van der Waals surface area contributed by atoms with E-state index in [-0.39, 0.29) is 66.4 Å². The minimum Gasteiger partial charge on any atom is -0.406 e. The van der Waals surface area contributed by atoms with Crippen LogP contribution >= 0.6 is 11.6 Å². The number of amides is 5. The number of fused-ring (bicyclic) bond motifs is 2. The second-order valence-corrected chi connectivity index (χ2v) is 20.6. The van der Waals surface area contributed by atoms with E-state index < -0.39 is 24.1 Å². The molecule has 86 heavy (non-hydrogen) atoms. The Labute approximate surface area is 498 Å². The minimum absolute atomic E-state index is 0.0545. The van der Waals surface area contributed by atoms with Crippen LogP contribution in [0.3, 0.4) is 0 Å². The maximum atomic E-state index is 13.3. The summed E-state index contributed by atoms with van der Waals surface area (Å²) in [6.45, 7) is 11.1. The summed E-state index contributed by atoms with van der Waals surface area (Å²) >= 11 is 5.94. The summed E-state index contributed by atoms with van der Waals surface area (Å²) in [5, 5.41) is 15.0. The topological polar surface area (TPSA) is 263 Å². The number of aryl methyl sites for hydroxylation is 4. The third-order valence-electron chi connectivity index (χ3n) is 13.9. The molecule has 0 radical (unpaired) electrons. The highest BCUT2D eigenvalue weighted by Gasteiger charge is 2.32. The highest BCUT2D eigenvalue weighted by atomic mass is 35.5. The molecular weight excluding hydrogens is 1140 g/mol. The van der Waals surface area contributed by atoms with Crippen molar-refractivity contribution in [3.8, 4) is 11.4 Å². The van der Waals surface area contributed by atoms with E-state index in [2.05, 4.69) is 45.6 Å². The molecule has 5 amide bonds. The second-order valence-electron chi connectivity index (χ2n) is 20.2. The van der Waals surface area contributed by atoms with Crippen LogP contribution in [0.1, 0.15) is 122 Å². The standard InChI is InChI=1S/C21H25F2N5O2.C20H22F3N5O3.C19H19ClN4O/c1-3-25-20-26-16-10-11-28(12-15(16)18(27-20)19(24)30)17(29)9-6-13-4-7-14(8-5-13)21(2,22)23;1-2-25-19-26-15-9-10-28(11-14(15)17(27-19)18(24)30)16(29)8-5-12-3-6-13(7-4-12)31-20(21,22)23;1-4-17-18(19(25)23(3)15-10-8-14(20)9-11-15)24(22-21-17)16-7-5-6-13(2)12-16/h4-5,7-8H,3,6,9-12H2,1-2H3,(H2,24,30)(H,25,26,27);3-4,6-7H,2,5,8-11H2,1H3,(H2,24,30)(H,25,26,27);5-12H,4H2,1-3H3. The van der Waals surface area contributed by atoms with Crippen LogP contribution in [0.2, 0.25) is 5.02 Å². The lowest BCUT2D eigenvalue weighted by molar-refractivity contribution is -0.274. The van der Waals surface area contributed by atoms with E-state index in [0.29, 0.717) is 109 Å². The van der Waals surface area contributed by atoms with E-state index in [4.69, 9.17) is 23.1 Å².